The summed E-state index contributed by atoms with van der Waals surface area (Å²) in [6.45, 7) is 6.20. The van der Waals surface area contributed by atoms with Crippen molar-refractivity contribution in [3.05, 3.63) is 47.3 Å². The highest BCUT2D eigenvalue weighted by Gasteiger charge is 2.28. The summed E-state index contributed by atoms with van der Waals surface area (Å²) in [4.78, 5) is 2.44. The van der Waals surface area contributed by atoms with E-state index in [0.29, 0.717) is 17.7 Å². The first-order chi connectivity index (χ1) is 10.1. The number of hydrogen-bond donors (Lipinski definition) is 1. The summed E-state index contributed by atoms with van der Waals surface area (Å²) >= 11 is 0. The number of benzene rings is 1. The monoisotopic (exact) mass is 286 g/mol. The van der Waals surface area contributed by atoms with Crippen molar-refractivity contribution in [2.75, 3.05) is 6.54 Å². The third-order valence-electron chi connectivity index (χ3n) is 4.14. The van der Waals surface area contributed by atoms with E-state index >= 15 is 0 Å². The van der Waals surface area contributed by atoms with Crippen LogP contribution in [0.25, 0.3) is 0 Å². The molecule has 1 fully saturated rings. The Hall–Kier alpha value is -1.81. The maximum absolute atomic E-state index is 9.37. The number of rotatable bonds is 4. The molecule has 112 valence electrons. The number of aromatic hydroxyl groups is 1. The van der Waals surface area contributed by atoms with Gasteiger partial charge in [-0.1, -0.05) is 31.1 Å². The van der Waals surface area contributed by atoms with Crippen LogP contribution in [0.2, 0.25) is 0 Å². The normalized spacial score (nSPS) is 19.5. The molecule has 0 bridgehead atoms. The van der Waals surface area contributed by atoms with Crippen molar-refractivity contribution in [2.45, 2.75) is 45.2 Å². The van der Waals surface area contributed by atoms with E-state index < -0.39 is 0 Å². The molecule has 1 atom stereocenters. The second-order valence-corrected chi connectivity index (χ2v) is 6.10. The maximum Gasteiger partial charge on any atom is 0.139 e. The van der Waals surface area contributed by atoms with Crippen molar-refractivity contribution < 1.29 is 9.63 Å². The first-order valence-electron chi connectivity index (χ1n) is 7.62. The summed E-state index contributed by atoms with van der Waals surface area (Å²) in [6, 6.07) is 9.89. The topological polar surface area (TPSA) is 49.5 Å². The van der Waals surface area contributed by atoms with Gasteiger partial charge in [-0.25, -0.2) is 0 Å². The van der Waals surface area contributed by atoms with Gasteiger partial charge in [-0.2, -0.15) is 0 Å². The Labute approximate surface area is 125 Å². The fourth-order valence-corrected chi connectivity index (χ4v) is 2.92. The quantitative estimate of drug-likeness (QED) is 0.927. The molecule has 21 heavy (non-hydrogen) atoms. The first kappa shape index (κ1) is 14.1. The van der Waals surface area contributed by atoms with E-state index in [9.17, 15) is 5.11 Å². The molecule has 1 aromatic carbocycles. The zero-order valence-electron chi connectivity index (χ0n) is 12.6. The molecule has 1 aliphatic heterocycles. The van der Waals surface area contributed by atoms with Crippen LogP contribution >= 0.6 is 0 Å². The molecule has 3 rings (SSSR count). The van der Waals surface area contributed by atoms with Crippen LogP contribution in [0.1, 0.15) is 55.7 Å². The molecule has 1 aliphatic rings. The number of likely N-dealkylation sites (tertiary alicyclic amines) is 1. The summed E-state index contributed by atoms with van der Waals surface area (Å²) < 4.78 is 5.44. The largest absolute Gasteiger partial charge is 0.508 e. The zero-order valence-corrected chi connectivity index (χ0v) is 12.6. The first-order valence-corrected chi connectivity index (χ1v) is 7.62. The lowest BCUT2D eigenvalue weighted by Crippen LogP contribution is -2.22. The van der Waals surface area contributed by atoms with Crippen LogP contribution in [-0.2, 0) is 6.54 Å². The van der Waals surface area contributed by atoms with Gasteiger partial charge < -0.3 is 9.63 Å². The number of phenols is 1. The standard InChI is InChI=1S/C17H22N2O2/c1-12(2)17-10-15(18-21-17)16-4-3-9-19(16)11-13-5-7-14(20)8-6-13/h5-8,10,12,16,20H,3-4,9,11H2,1-2H3. The van der Waals surface area contributed by atoms with Crippen molar-refractivity contribution >= 4 is 0 Å². The fourth-order valence-electron chi connectivity index (χ4n) is 2.92. The van der Waals surface area contributed by atoms with Gasteiger partial charge in [-0.3, -0.25) is 4.90 Å². The van der Waals surface area contributed by atoms with Crippen LogP contribution in [-0.4, -0.2) is 21.7 Å². The molecule has 1 unspecified atom stereocenters. The average molecular weight is 286 g/mol. The molecule has 1 aromatic heterocycles. The minimum atomic E-state index is 0.315. The average Bonchev–Trinajstić information content (AvgIpc) is 3.09. The Morgan fingerprint density at radius 3 is 2.76 bits per heavy atom. The second kappa shape index (κ2) is 5.90. The Morgan fingerprint density at radius 2 is 2.10 bits per heavy atom. The lowest BCUT2D eigenvalue weighted by atomic mass is 10.1. The van der Waals surface area contributed by atoms with E-state index in [1.807, 2.05) is 12.1 Å². The Bertz CT molecular complexity index is 589. The van der Waals surface area contributed by atoms with E-state index in [0.717, 1.165) is 31.0 Å². The molecule has 0 amide bonds. The molecule has 0 radical (unpaired) electrons. The van der Waals surface area contributed by atoms with E-state index in [1.165, 1.54) is 12.0 Å². The molecule has 0 spiro atoms. The molecular weight excluding hydrogens is 264 g/mol. The van der Waals surface area contributed by atoms with Gasteiger partial charge in [0.25, 0.3) is 0 Å². The molecule has 2 heterocycles. The molecule has 4 heteroatoms. The van der Waals surface area contributed by atoms with Crippen LogP contribution in [0.5, 0.6) is 5.75 Å². The zero-order chi connectivity index (χ0) is 14.8. The van der Waals surface area contributed by atoms with Gasteiger partial charge in [0.2, 0.25) is 0 Å². The molecule has 2 aromatic rings. The van der Waals surface area contributed by atoms with Crippen molar-refractivity contribution in [3.8, 4) is 5.75 Å². The van der Waals surface area contributed by atoms with Crippen LogP contribution < -0.4 is 0 Å². The summed E-state index contributed by atoms with van der Waals surface area (Å²) in [7, 11) is 0. The predicted octanol–water partition coefficient (Wildman–Crippen LogP) is 3.84. The van der Waals surface area contributed by atoms with Crippen LogP contribution in [0.4, 0.5) is 0 Å². The molecule has 0 saturated carbocycles. The van der Waals surface area contributed by atoms with Crippen molar-refractivity contribution in [3.63, 3.8) is 0 Å². The number of nitrogens with zero attached hydrogens (tertiary/aromatic N) is 2. The summed E-state index contributed by atoms with van der Waals surface area (Å²) in [6.07, 6.45) is 2.31. The van der Waals surface area contributed by atoms with Gasteiger partial charge in [-0.05, 0) is 37.1 Å². The molecule has 4 nitrogen and oxygen atoms in total. The summed E-state index contributed by atoms with van der Waals surface area (Å²) in [5, 5.41) is 13.6. The third-order valence-corrected chi connectivity index (χ3v) is 4.14. The van der Waals surface area contributed by atoms with Crippen molar-refractivity contribution in [1.29, 1.82) is 0 Å². The number of aromatic nitrogens is 1. The van der Waals surface area contributed by atoms with E-state index in [1.54, 1.807) is 12.1 Å². The van der Waals surface area contributed by atoms with Crippen molar-refractivity contribution in [1.82, 2.24) is 10.1 Å². The SMILES string of the molecule is CC(C)c1cc(C2CCCN2Cc2ccc(O)cc2)no1. The van der Waals surface area contributed by atoms with Crippen LogP contribution in [0, 0.1) is 0 Å². The summed E-state index contributed by atoms with van der Waals surface area (Å²) in [5.41, 5.74) is 2.27. The predicted molar refractivity (Wildman–Crippen MR) is 81.1 cm³/mol. The van der Waals surface area contributed by atoms with Gasteiger partial charge in [0, 0.05) is 18.5 Å². The number of hydrogen-bond acceptors (Lipinski definition) is 4. The summed E-state index contributed by atoms with van der Waals surface area (Å²) in [5.74, 6) is 1.65. The minimum Gasteiger partial charge on any atom is -0.508 e. The van der Waals surface area contributed by atoms with E-state index in [4.69, 9.17) is 4.52 Å². The maximum atomic E-state index is 9.37. The van der Waals surface area contributed by atoms with Gasteiger partial charge in [-0.15, -0.1) is 0 Å². The highest BCUT2D eigenvalue weighted by Crippen LogP contribution is 2.33. The molecule has 1 saturated heterocycles. The smallest absolute Gasteiger partial charge is 0.139 e. The highest BCUT2D eigenvalue weighted by atomic mass is 16.5. The van der Waals surface area contributed by atoms with E-state index in [2.05, 4.69) is 30.0 Å². The van der Waals surface area contributed by atoms with Crippen LogP contribution in [0.15, 0.2) is 34.9 Å². The Balaban J connectivity index is 1.74. The lowest BCUT2D eigenvalue weighted by molar-refractivity contribution is 0.236. The number of phenolic OH excluding ortho intramolecular Hbond substituents is 1. The van der Waals surface area contributed by atoms with Gasteiger partial charge >= 0.3 is 0 Å². The third kappa shape index (κ3) is 3.10. The fraction of sp³-hybridized carbons (Fsp3) is 0.471. The Morgan fingerprint density at radius 1 is 1.33 bits per heavy atom. The molecular formula is C17H22N2O2. The highest BCUT2D eigenvalue weighted by molar-refractivity contribution is 5.26. The molecule has 0 aliphatic carbocycles. The Kier molecular flexibility index (Phi) is 3.97. The van der Waals surface area contributed by atoms with Crippen LogP contribution in [0.3, 0.4) is 0 Å². The van der Waals surface area contributed by atoms with Gasteiger partial charge in [0.15, 0.2) is 0 Å². The lowest BCUT2D eigenvalue weighted by Gasteiger charge is -2.22. The second-order valence-electron chi connectivity index (χ2n) is 6.10. The molecule has 1 N–H and O–H groups in total. The van der Waals surface area contributed by atoms with Gasteiger partial charge in [0.05, 0.1) is 6.04 Å². The van der Waals surface area contributed by atoms with E-state index in [-0.39, 0.29) is 0 Å². The van der Waals surface area contributed by atoms with Crippen molar-refractivity contribution in [2.24, 2.45) is 0 Å². The van der Waals surface area contributed by atoms with Gasteiger partial charge in [0.1, 0.15) is 17.2 Å². The minimum absolute atomic E-state index is 0.315.